The number of hydrogen-bond donors (Lipinski definition) is 6. The summed E-state index contributed by atoms with van der Waals surface area (Å²) >= 11 is 0. The maximum Gasteiger partial charge on any atom is 0.490 e. The number of amides is 5. The number of esters is 2. The van der Waals surface area contributed by atoms with Gasteiger partial charge in [-0.25, -0.2) is 19.0 Å². The number of benzene rings is 2. The van der Waals surface area contributed by atoms with Crippen molar-refractivity contribution in [3.05, 3.63) is 97.6 Å². The predicted octanol–water partition coefficient (Wildman–Crippen LogP) is 1.17. The zero-order valence-corrected chi connectivity index (χ0v) is 35.7. The molecule has 0 bridgehead atoms. The molecule has 22 heteroatoms. The average Bonchev–Trinajstić information content (AvgIpc) is 3.65. The highest BCUT2D eigenvalue weighted by atomic mass is 19.4. The lowest BCUT2D eigenvalue weighted by Crippen LogP contribution is -2.53. The third kappa shape index (κ3) is 8.91. The molecule has 0 saturated heterocycles. The predicted molar refractivity (Wildman–Crippen MR) is 223 cm³/mol. The smallest absolute Gasteiger partial charge is 0.457 e. The Balaban J connectivity index is 1.13. The molecule has 0 saturated carbocycles. The van der Waals surface area contributed by atoms with Gasteiger partial charge in [-0.3, -0.25) is 28.8 Å². The first-order valence-corrected chi connectivity index (χ1v) is 20.8. The van der Waals surface area contributed by atoms with E-state index in [4.69, 9.17) is 20.2 Å². The Labute approximate surface area is 372 Å². The van der Waals surface area contributed by atoms with E-state index in [0.29, 0.717) is 33.2 Å². The molecule has 7 rings (SSSR count). The molecule has 0 spiro atoms. The molecule has 4 atom stereocenters. The van der Waals surface area contributed by atoms with Gasteiger partial charge in [-0.05, 0) is 61.4 Å². The van der Waals surface area contributed by atoms with E-state index in [9.17, 15) is 51.5 Å². The van der Waals surface area contributed by atoms with Gasteiger partial charge in [-0.2, -0.15) is 13.2 Å². The van der Waals surface area contributed by atoms with Gasteiger partial charge in [0.25, 0.3) is 5.56 Å². The summed E-state index contributed by atoms with van der Waals surface area (Å²) in [5.41, 5.74) is 4.13. The number of ether oxygens (including phenoxy) is 2. The molecule has 348 valence electrons. The minimum Gasteiger partial charge on any atom is -0.457 e. The number of carbonyl (C=O) groups is 7. The number of nitrogens with one attached hydrogen (secondary N) is 5. The number of hydrogen-bond acceptors (Lipinski definition) is 12. The van der Waals surface area contributed by atoms with Crippen LogP contribution < -0.4 is 37.9 Å². The van der Waals surface area contributed by atoms with Crippen molar-refractivity contribution in [3.63, 3.8) is 0 Å². The van der Waals surface area contributed by atoms with Crippen molar-refractivity contribution < 1.29 is 60.6 Å². The summed E-state index contributed by atoms with van der Waals surface area (Å²) < 4.78 is 67.1. The second kappa shape index (κ2) is 18.3. The van der Waals surface area contributed by atoms with Crippen LogP contribution in [0.3, 0.4) is 0 Å². The van der Waals surface area contributed by atoms with Crippen molar-refractivity contribution in [3.8, 4) is 11.4 Å². The molecule has 2 aliphatic heterocycles. The lowest BCUT2D eigenvalue weighted by molar-refractivity contribution is -0.223. The number of nitrogens with two attached hydrogens (primary N) is 1. The molecular weight excluding hydrogens is 877 g/mol. The number of cyclic esters (lactones) is 1. The molecule has 1 aliphatic carbocycles. The number of rotatable bonds is 14. The first-order valence-electron chi connectivity index (χ1n) is 20.8. The van der Waals surface area contributed by atoms with Crippen LogP contribution in [0.4, 0.5) is 17.6 Å². The fourth-order valence-corrected chi connectivity index (χ4v) is 8.57. The van der Waals surface area contributed by atoms with E-state index in [2.05, 4.69) is 26.6 Å². The Bertz CT molecular complexity index is 2760. The third-order valence-electron chi connectivity index (χ3n) is 11.9. The molecule has 18 nitrogen and oxygen atoms in total. The number of carbonyl (C=O) groups excluding carboxylic acids is 7. The molecule has 2 aromatic carbocycles. The van der Waals surface area contributed by atoms with Crippen LogP contribution in [0.5, 0.6) is 0 Å². The topological polar surface area (TPSA) is 259 Å². The summed E-state index contributed by atoms with van der Waals surface area (Å²) in [6.45, 7) is 2.11. The van der Waals surface area contributed by atoms with Gasteiger partial charge in [-0.15, -0.1) is 0 Å². The van der Waals surface area contributed by atoms with Gasteiger partial charge in [-0.1, -0.05) is 37.3 Å². The van der Waals surface area contributed by atoms with Crippen LogP contribution in [0, 0.1) is 12.7 Å². The summed E-state index contributed by atoms with van der Waals surface area (Å²) in [5, 5.41) is 13.3. The molecular formula is C44H44F4N8O10. The fraction of sp³-hybridized carbons (Fsp3) is 0.386. The van der Waals surface area contributed by atoms with Gasteiger partial charge in [0.05, 0.1) is 54.7 Å². The summed E-state index contributed by atoms with van der Waals surface area (Å²) in [5.74, 6) is -7.98. The number of alkyl halides is 3. The minimum atomic E-state index is -5.49. The molecule has 4 heterocycles. The summed E-state index contributed by atoms with van der Waals surface area (Å²) in [6, 6.07) is 8.00. The fourth-order valence-electron chi connectivity index (χ4n) is 8.57. The Morgan fingerprint density at radius 1 is 0.970 bits per heavy atom. The van der Waals surface area contributed by atoms with Crippen LogP contribution in [0.1, 0.15) is 71.7 Å². The lowest BCUT2D eigenvalue weighted by atomic mass is 9.81. The molecule has 66 heavy (non-hydrogen) atoms. The SMILES string of the molecule is CC[C@@]1(OC(=O)C(F)(F)F)C(=O)OCc2c1cc1n(c2=O)Cc2c-1nc1cc(F)c(C)c3c1c2[C@@H](NC(=O)[C@H](C)NC(=O)CNC(=O)[C@H](Cc1ccccc1)NC(=O)CNC(=O)CN)CC3. The van der Waals surface area contributed by atoms with Gasteiger partial charge in [0.2, 0.25) is 35.1 Å². The molecule has 2 aromatic heterocycles. The molecule has 5 amide bonds. The zero-order chi connectivity index (χ0) is 47.8. The van der Waals surface area contributed by atoms with Gasteiger partial charge in [0, 0.05) is 29.0 Å². The van der Waals surface area contributed by atoms with Crippen LogP contribution in [-0.2, 0) is 74.6 Å². The number of aryl methyl sites for hydroxylation is 1. The van der Waals surface area contributed by atoms with E-state index in [1.807, 2.05) is 0 Å². The molecule has 0 unspecified atom stereocenters. The van der Waals surface area contributed by atoms with Gasteiger partial charge < -0.3 is 46.4 Å². The maximum absolute atomic E-state index is 15.5. The standard InChI is InChI=1S/C44H44F4N8O10/c1-4-43(66-42(64)44(46,47)48)26-13-31-37-24(18-56(31)40(62)25(26)19-65-41(43)63)36-28(11-10-23-20(2)27(45)14-29(54-37)35(23)36)55-38(60)21(3)52-33(58)17-51-39(61)30(12-22-8-6-5-7-9-22)53-34(59)16-50-32(57)15-49/h5-9,13-14,21,28,30H,4,10-12,15-19,49H2,1-3H3,(H,50,57)(H,51,61)(H,52,58)(H,53,59)(H,55,60)/t21-,28-,30-,43-/m0/s1. The minimum absolute atomic E-state index is 0.0345. The van der Waals surface area contributed by atoms with Crippen molar-refractivity contribution in [2.45, 2.75) is 89.5 Å². The maximum atomic E-state index is 15.5. The van der Waals surface area contributed by atoms with Crippen LogP contribution in [0.25, 0.3) is 22.3 Å². The Hall–Kier alpha value is -7.23. The van der Waals surface area contributed by atoms with E-state index in [0.717, 1.165) is 0 Å². The van der Waals surface area contributed by atoms with Crippen LogP contribution in [-0.4, -0.2) is 88.9 Å². The number of halogens is 4. The van der Waals surface area contributed by atoms with Crippen molar-refractivity contribution in [1.82, 2.24) is 36.1 Å². The number of fused-ring (bicyclic) bond motifs is 5. The summed E-state index contributed by atoms with van der Waals surface area (Å²) in [7, 11) is 0. The third-order valence-corrected chi connectivity index (χ3v) is 11.9. The first-order chi connectivity index (χ1) is 31.3. The quantitative estimate of drug-likeness (QED) is 0.0678. The van der Waals surface area contributed by atoms with Crippen LogP contribution in [0.15, 0.2) is 47.3 Å². The largest absolute Gasteiger partial charge is 0.490 e. The van der Waals surface area contributed by atoms with E-state index in [-0.39, 0.29) is 60.4 Å². The highest BCUT2D eigenvalue weighted by Gasteiger charge is 2.55. The van der Waals surface area contributed by atoms with Crippen molar-refractivity contribution in [1.29, 1.82) is 0 Å². The van der Waals surface area contributed by atoms with E-state index < -0.39 is 109 Å². The monoisotopic (exact) mass is 920 g/mol. The lowest BCUT2D eigenvalue weighted by Gasteiger charge is -2.35. The molecule has 0 radical (unpaired) electrons. The highest BCUT2D eigenvalue weighted by molar-refractivity contribution is 5.96. The highest BCUT2D eigenvalue weighted by Crippen LogP contribution is 2.47. The average molecular weight is 921 g/mol. The van der Waals surface area contributed by atoms with Crippen molar-refractivity contribution in [2.24, 2.45) is 5.73 Å². The second-order valence-electron chi connectivity index (χ2n) is 16.1. The van der Waals surface area contributed by atoms with E-state index in [1.54, 1.807) is 37.3 Å². The summed E-state index contributed by atoms with van der Waals surface area (Å²) in [6.07, 6.45) is -5.46. The van der Waals surface area contributed by atoms with Gasteiger partial charge in [0.1, 0.15) is 24.5 Å². The Morgan fingerprint density at radius 3 is 2.35 bits per heavy atom. The van der Waals surface area contributed by atoms with E-state index in [1.165, 1.54) is 30.5 Å². The normalized spacial score (nSPS) is 17.8. The molecule has 0 fully saturated rings. The van der Waals surface area contributed by atoms with E-state index >= 15 is 4.39 Å². The second-order valence-corrected chi connectivity index (χ2v) is 16.1. The van der Waals surface area contributed by atoms with Gasteiger partial charge in [0.15, 0.2) is 0 Å². The van der Waals surface area contributed by atoms with Crippen LogP contribution in [0.2, 0.25) is 0 Å². The zero-order valence-electron chi connectivity index (χ0n) is 35.7. The first kappa shape index (κ1) is 46.8. The number of aromatic nitrogens is 2. The molecule has 4 aromatic rings. The van der Waals surface area contributed by atoms with Crippen molar-refractivity contribution in [2.75, 3.05) is 19.6 Å². The number of pyridine rings is 2. The Kier molecular flexibility index (Phi) is 13.0. The van der Waals surface area contributed by atoms with Crippen molar-refractivity contribution >= 4 is 52.4 Å². The Morgan fingerprint density at radius 2 is 1.67 bits per heavy atom. The molecule has 7 N–H and O–H groups in total. The summed E-state index contributed by atoms with van der Waals surface area (Å²) in [4.78, 5) is 109. The van der Waals surface area contributed by atoms with Crippen LogP contribution >= 0.6 is 0 Å². The van der Waals surface area contributed by atoms with Gasteiger partial charge >= 0.3 is 18.1 Å². The molecule has 3 aliphatic rings. The number of nitrogens with zero attached hydrogens (tertiary/aromatic N) is 2.